The van der Waals surface area contributed by atoms with E-state index in [-0.39, 0.29) is 5.97 Å². The highest BCUT2D eigenvalue weighted by Gasteiger charge is 2.18. The fourth-order valence-electron chi connectivity index (χ4n) is 2.09. The smallest absolute Gasteiger partial charge is 0.357 e. The first kappa shape index (κ1) is 16.7. The number of rotatable bonds is 6. The Morgan fingerprint density at radius 2 is 2.00 bits per heavy atom. The number of thioether (sulfide) groups is 2. The van der Waals surface area contributed by atoms with E-state index in [1.807, 2.05) is 35.7 Å². The first-order valence-corrected chi connectivity index (χ1v) is 10.3. The van der Waals surface area contributed by atoms with Crippen LogP contribution in [0.25, 0.3) is 0 Å². The fraction of sp³-hybridized carbons (Fsp3) is 0.375. The Morgan fingerprint density at radius 1 is 1.26 bits per heavy atom. The van der Waals surface area contributed by atoms with Gasteiger partial charge in [-0.2, -0.15) is 0 Å². The lowest BCUT2D eigenvalue weighted by atomic mass is 10.2. The standard InChI is InChI=1S/C16H17NO3S3/c1-2-19-15(18)13-10-23-14(17-13)9-20-12-5-3-11(4-6-12)16-21-7-8-22-16/h3-6,10,16H,2,7-9H2,1H3. The molecule has 1 aliphatic heterocycles. The van der Waals surface area contributed by atoms with E-state index >= 15 is 0 Å². The average molecular weight is 368 g/mol. The summed E-state index contributed by atoms with van der Waals surface area (Å²) in [5.41, 5.74) is 1.68. The maximum absolute atomic E-state index is 11.6. The molecular weight excluding hydrogens is 350 g/mol. The normalized spacial score (nSPS) is 14.8. The van der Waals surface area contributed by atoms with Gasteiger partial charge in [0.1, 0.15) is 17.4 Å². The van der Waals surface area contributed by atoms with Gasteiger partial charge < -0.3 is 9.47 Å². The summed E-state index contributed by atoms with van der Waals surface area (Å²) >= 11 is 5.38. The van der Waals surface area contributed by atoms with Gasteiger partial charge in [-0.1, -0.05) is 12.1 Å². The van der Waals surface area contributed by atoms with E-state index in [1.165, 1.54) is 28.4 Å². The van der Waals surface area contributed by atoms with Crippen molar-refractivity contribution >= 4 is 40.8 Å². The van der Waals surface area contributed by atoms with Crippen molar-refractivity contribution in [3.8, 4) is 5.75 Å². The molecule has 2 heterocycles. The van der Waals surface area contributed by atoms with Crippen molar-refractivity contribution < 1.29 is 14.3 Å². The highest BCUT2D eigenvalue weighted by molar-refractivity contribution is 8.19. The summed E-state index contributed by atoms with van der Waals surface area (Å²) in [4.78, 5) is 15.8. The van der Waals surface area contributed by atoms with Crippen LogP contribution < -0.4 is 4.74 Å². The van der Waals surface area contributed by atoms with Crippen molar-refractivity contribution in [2.75, 3.05) is 18.1 Å². The maximum atomic E-state index is 11.6. The van der Waals surface area contributed by atoms with Gasteiger partial charge in [0.05, 0.1) is 11.2 Å². The predicted octanol–water partition coefficient (Wildman–Crippen LogP) is 4.38. The highest BCUT2D eigenvalue weighted by atomic mass is 32.2. The number of thiazole rings is 1. The largest absolute Gasteiger partial charge is 0.486 e. The zero-order chi connectivity index (χ0) is 16.1. The predicted molar refractivity (Wildman–Crippen MR) is 96.5 cm³/mol. The summed E-state index contributed by atoms with van der Waals surface area (Å²) in [6.07, 6.45) is 0. The number of benzene rings is 1. The summed E-state index contributed by atoms with van der Waals surface area (Å²) in [6.45, 7) is 2.49. The fourth-order valence-corrected chi connectivity index (χ4v) is 5.63. The third kappa shape index (κ3) is 4.43. The van der Waals surface area contributed by atoms with Crippen LogP contribution >= 0.6 is 34.9 Å². The van der Waals surface area contributed by atoms with Gasteiger partial charge in [0.15, 0.2) is 5.69 Å². The Morgan fingerprint density at radius 3 is 2.70 bits per heavy atom. The van der Waals surface area contributed by atoms with Gasteiger partial charge in [0, 0.05) is 16.9 Å². The number of hydrogen-bond donors (Lipinski definition) is 0. The van der Waals surface area contributed by atoms with Crippen molar-refractivity contribution in [3.05, 3.63) is 45.9 Å². The van der Waals surface area contributed by atoms with Crippen LogP contribution in [0, 0.1) is 0 Å². The molecule has 2 aromatic rings. The molecule has 1 saturated heterocycles. The Labute approximate surface area is 148 Å². The lowest BCUT2D eigenvalue weighted by molar-refractivity contribution is 0.0520. The molecule has 0 unspecified atom stereocenters. The summed E-state index contributed by atoms with van der Waals surface area (Å²) in [5.74, 6) is 2.88. The summed E-state index contributed by atoms with van der Waals surface area (Å²) in [6, 6.07) is 8.23. The van der Waals surface area contributed by atoms with E-state index < -0.39 is 0 Å². The monoisotopic (exact) mass is 367 g/mol. The topological polar surface area (TPSA) is 48.4 Å². The van der Waals surface area contributed by atoms with Gasteiger partial charge in [0.2, 0.25) is 0 Å². The molecule has 0 spiro atoms. The molecule has 7 heteroatoms. The van der Waals surface area contributed by atoms with Crippen molar-refractivity contribution in [1.29, 1.82) is 0 Å². The highest BCUT2D eigenvalue weighted by Crippen LogP contribution is 2.45. The maximum Gasteiger partial charge on any atom is 0.357 e. The van der Waals surface area contributed by atoms with Crippen LogP contribution in [-0.4, -0.2) is 29.1 Å². The van der Waals surface area contributed by atoms with Crippen LogP contribution in [0.2, 0.25) is 0 Å². The van der Waals surface area contributed by atoms with E-state index in [0.717, 1.165) is 10.8 Å². The number of esters is 1. The molecule has 4 nitrogen and oxygen atoms in total. The molecule has 0 atom stereocenters. The van der Waals surface area contributed by atoms with Crippen molar-refractivity contribution in [3.63, 3.8) is 0 Å². The van der Waals surface area contributed by atoms with Gasteiger partial charge in [0.25, 0.3) is 0 Å². The van der Waals surface area contributed by atoms with E-state index in [2.05, 4.69) is 17.1 Å². The second kappa shape index (κ2) is 8.08. The molecule has 0 aliphatic carbocycles. The molecule has 1 aromatic heterocycles. The number of ether oxygens (including phenoxy) is 2. The second-order valence-electron chi connectivity index (χ2n) is 4.78. The van der Waals surface area contributed by atoms with Gasteiger partial charge in [-0.15, -0.1) is 34.9 Å². The zero-order valence-corrected chi connectivity index (χ0v) is 15.1. The zero-order valence-electron chi connectivity index (χ0n) is 12.7. The van der Waals surface area contributed by atoms with Crippen molar-refractivity contribution in [2.24, 2.45) is 0 Å². The minimum absolute atomic E-state index is 0.348. The molecule has 1 aromatic carbocycles. The van der Waals surface area contributed by atoms with E-state index in [4.69, 9.17) is 9.47 Å². The van der Waals surface area contributed by atoms with Gasteiger partial charge >= 0.3 is 5.97 Å². The average Bonchev–Trinajstić information content (AvgIpc) is 3.25. The number of carbonyl (C=O) groups is 1. The minimum atomic E-state index is -0.383. The van der Waals surface area contributed by atoms with Crippen molar-refractivity contribution in [2.45, 2.75) is 18.1 Å². The molecule has 3 rings (SSSR count). The Hall–Kier alpha value is -1.18. The quantitative estimate of drug-likeness (QED) is 0.706. The van der Waals surface area contributed by atoms with Crippen LogP contribution in [0.5, 0.6) is 5.75 Å². The van der Waals surface area contributed by atoms with Crippen LogP contribution in [0.4, 0.5) is 0 Å². The SMILES string of the molecule is CCOC(=O)c1csc(COc2ccc(C3SCCS3)cc2)n1. The summed E-state index contributed by atoms with van der Waals surface area (Å²) in [7, 11) is 0. The molecule has 0 N–H and O–H groups in total. The minimum Gasteiger partial charge on any atom is -0.486 e. The second-order valence-corrected chi connectivity index (χ2v) is 8.45. The Kier molecular flexibility index (Phi) is 5.85. The molecule has 0 bridgehead atoms. The molecule has 0 amide bonds. The molecule has 23 heavy (non-hydrogen) atoms. The third-order valence-electron chi connectivity index (χ3n) is 3.17. The van der Waals surface area contributed by atoms with Crippen LogP contribution in [-0.2, 0) is 11.3 Å². The van der Waals surface area contributed by atoms with E-state index in [0.29, 0.717) is 23.5 Å². The summed E-state index contributed by atoms with van der Waals surface area (Å²) < 4.78 is 11.2. The number of carbonyl (C=O) groups excluding carboxylic acids is 1. The lowest BCUT2D eigenvalue weighted by Gasteiger charge is -2.09. The van der Waals surface area contributed by atoms with E-state index in [9.17, 15) is 4.79 Å². The number of aromatic nitrogens is 1. The molecule has 122 valence electrons. The van der Waals surface area contributed by atoms with Gasteiger partial charge in [-0.25, -0.2) is 9.78 Å². The van der Waals surface area contributed by atoms with E-state index in [1.54, 1.807) is 12.3 Å². The summed E-state index contributed by atoms with van der Waals surface area (Å²) in [5, 5.41) is 2.47. The molecule has 1 fully saturated rings. The van der Waals surface area contributed by atoms with Crippen molar-refractivity contribution in [1.82, 2.24) is 4.98 Å². The van der Waals surface area contributed by atoms with Gasteiger partial charge in [-0.05, 0) is 24.6 Å². The Balaban J connectivity index is 1.54. The third-order valence-corrected chi connectivity index (χ3v) is 7.10. The molecular formula is C16H17NO3S3. The molecule has 0 saturated carbocycles. The van der Waals surface area contributed by atoms with Crippen LogP contribution in [0.15, 0.2) is 29.6 Å². The molecule has 1 aliphatic rings. The lowest BCUT2D eigenvalue weighted by Crippen LogP contribution is -2.05. The first-order chi connectivity index (χ1) is 11.3. The first-order valence-electron chi connectivity index (χ1n) is 7.33. The van der Waals surface area contributed by atoms with Crippen LogP contribution in [0.1, 0.15) is 32.6 Å². The number of nitrogens with zero attached hydrogens (tertiary/aromatic N) is 1. The van der Waals surface area contributed by atoms with Gasteiger partial charge in [-0.3, -0.25) is 0 Å². The number of hydrogen-bond acceptors (Lipinski definition) is 7. The Bertz CT molecular complexity index is 651. The molecule has 0 radical (unpaired) electrons. The van der Waals surface area contributed by atoms with Crippen LogP contribution in [0.3, 0.4) is 0 Å².